The lowest BCUT2D eigenvalue weighted by Crippen LogP contribution is -2.14. The predicted octanol–water partition coefficient (Wildman–Crippen LogP) is 2.49. The molecule has 0 heterocycles. The molecule has 0 bridgehead atoms. The summed E-state index contributed by atoms with van der Waals surface area (Å²) in [6.45, 7) is 5.03. The van der Waals surface area contributed by atoms with Crippen LogP contribution >= 0.6 is 12.6 Å². The molecule has 0 radical (unpaired) electrons. The summed E-state index contributed by atoms with van der Waals surface area (Å²) in [6.07, 6.45) is 1.27. The number of hydrogen-bond donors (Lipinski definition) is 2. The minimum atomic E-state index is 0.238. The van der Waals surface area contributed by atoms with Gasteiger partial charge in [0, 0.05) is 5.88 Å². The zero-order valence-corrected chi connectivity index (χ0v) is 10.3. The Morgan fingerprint density at radius 3 is 2.47 bits per heavy atom. The molecule has 0 aromatic heterocycles. The van der Waals surface area contributed by atoms with Crippen LogP contribution in [0.1, 0.15) is 19.4 Å². The number of thiol groups is 1. The van der Waals surface area contributed by atoms with E-state index < -0.39 is 0 Å². The van der Waals surface area contributed by atoms with Crippen LogP contribution in [0.2, 0.25) is 0 Å². The van der Waals surface area contributed by atoms with Crippen molar-refractivity contribution in [3.63, 3.8) is 0 Å². The third-order valence-electron chi connectivity index (χ3n) is 2.00. The zero-order valence-electron chi connectivity index (χ0n) is 9.36. The monoisotopic (exact) mass is 225 g/mol. The average Bonchev–Trinajstić information content (AvgIpc) is 2.20. The SMILES string of the molecule is CC(C)Oc1ccc(CCNCS)cc1. The van der Waals surface area contributed by atoms with Gasteiger partial charge < -0.3 is 10.1 Å². The van der Waals surface area contributed by atoms with Gasteiger partial charge in [-0.15, -0.1) is 0 Å². The Morgan fingerprint density at radius 1 is 1.27 bits per heavy atom. The lowest BCUT2D eigenvalue weighted by Gasteiger charge is -2.10. The van der Waals surface area contributed by atoms with Crippen LogP contribution in [0.5, 0.6) is 5.75 Å². The fourth-order valence-electron chi connectivity index (χ4n) is 1.32. The number of nitrogens with one attached hydrogen (secondary N) is 1. The van der Waals surface area contributed by atoms with E-state index >= 15 is 0 Å². The first-order valence-corrected chi connectivity index (χ1v) is 5.93. The lowest BCUT2D eigenvalue weighted by atomic mass is 10.1. The van der Waals surface area contributed by atoms with E-state index in [1.54, 1.807) is 0 Å². The highest BCUT2D eigenvalue weighted by atomic mass is 32.1. The molecule has 0 fully saturated rings. The molecule has 0 atom stereocenters. The lowest BCUT2D eigenvalue weighted by molar-refractivity contribution is 0.242. The van der Waals surface area contributed by atoms with Crippen molar-refractivity contribution in [3.8, 4) is 5.75 Å². The third kappa shape index (κ3) is 5.09. The first-order valence-electron chi connectivity index (χ1n) is 5.29. The van der Waals surface area contributed by atoms with Crippen molar-refractivity contribution in [2.75, 3.05) is 12.4 Å². The Labute approximate surface area is 97.4 Å². The molecule has 0 aliphatic carbocycles. The third-order valence-corrected chi connectivity index (χ3v) is 2.22. The molecule has 0 saturated heterocycles. The van der Waals surface area contributed by atoms with Crippen LogP contribution < -0.4 is 10.1 Å². The second-order valence-electron chi connectivity index (χ2n) is 3.72. The summed E-state index contributed by atoms with van der Waals surface area (Å²) in [5, 5.41) is 3.18. The van der Waals surface area contributed by atoms with E-state index in [1.807, 2.05) is 26.0 Å². The van der Waals surface area contributed by atoms with Gasteiger partial charge in [-0.1, -0.05) is 12.1 Å². The standard InChI is InChI=1S/C12H19NOS/c1-10(2)14-12-5-3-11(4-6-12)7-8-13-9-15/h3-6,10,13,15H,7-9H2,1-2H3. The highest BCUT2D eigenvalue weighted by Crippen LogP contribution is 2.13. The van der Waals surface area contributed by atoms with Crippen LogP contribution in [-0.4, -0.2) is 18.5 Å². The van der Waals surface area contributed by atoms with Gasteiger partial charge in [0.15, 0.2) is 0 Å². The fourth-order valence-corrected chi connectivity index (χ4v) is 1.48. The minimum Gasteiger partial charge on any atom is -0.491 e. The maximum atomic E-state index is 5.57. The van der Waals surface area contributed by atoms with Gasteiger partial charge in [0.25, 0.3) is 0 Å². The minimum absolute atomic E-state index is 0.238. The van der Waals surface area contributed by atoms with Crippen LogP contribution in [-0.2, 0) is 6.42 Å². The van der Waals surface area contributed by atoms with Crippen molar-refractivity contribution in [2.24, 2.45) is 0 Å². The fraction of sp³-hybridized carbons (Fsp3) is 0.500. The number of ether oxygens (including phenoxy) is 1. The van der Waals surface area contributed by atoms with Crippen LogP contribution in [0.3, 0.4) is 0 Å². The van der Waals surface area contributed by atoms with Crippen LogP contribution in [0.4, 0.5) is 0 Å². The molecule has 0 unspecified atom stereocenters. The molecule has 1 aromatic rings. The number of benzene rings is 1. The molecule has 15 heavy (non-hydrogen) atoms. The maximum absolute atomic E-state index is 5.57. The molecule has 3 heteroatoms. The molecule has 0 saturated carbocycles. The smallest absolute Gasteiger partial charge is 0.119 e. The van der Waals surface area contributed by atoms with Gasteiger partial charge in [-0.2, -0.15) is 12.6 Å². The number of hydrogen-bond acceptors (Lipinski definition) is 3. The largest absolute Gasteiger partial charge is 0.491 e. The summed E-state index contributed by atoms with van der Waals surface area (Å²) in [5.74, 6) is 1.67. The average molecular weight is 225 g/mol. The van der Waals surface area contributed by atoms with Crippen molar-refractivity contribution in [2.45, 2.75) is 26.4 Å². The van der Waals surface area contributed by atoms with E-state index in [1.165, 1.54) is 5.56 Å². The van der Waals surface area contributed by atoms with E-state index in [0.29, 0.717) is 0 Å². The van der Waals surface area contributed by atoms with Crippen molar-refractivity contribution in [1.29, 1.82) is 0 Å². The Bertz CT molecular complexity index is 271. The zero-order chi connectivity index (χ0) is 11.1. The van der Waals surface area contributed by atoms with Gasteiger partial charge in [-0.05, 0) is 44.5 Å². The van der Waals surface area contributed by atoms with Gasteiger partial charge in [0.1, 0.15) is 5.75 Å². The molecule has 0 aliphatic rings. The first-order chi connectivity index (χ1) is 7.22. The van der Waals surface area contributed by atoms with Crippen LogP contribution in [0, 0.1) is 0 Å². The van der Waals surface area contributed by atoms with Crippen LogP contribution in [0.15, 0.2) is 24.3 Å². The van der Waals surface area contributed by atoms with Crippen LogP contribution in [0.25, 0.3) is 0 Å². The summed E-state index contributed by atoms with van der Waals surface area (Å²) < 4.78 is 5.57. The van der Waals surface area contributed by atoms with Gasteiger partial charge in [-0.25, -0.2) is 0 Å². The van der Waals surface area contributed by atoms with Gasteiger partial charge in [0.05, 0.1) is 6.10 Å². The second-order valence-corrected chi connectivity index (χ2v) is 4.03. The van der Waals surface area contributed by atoms with Crippen molar-refractivity contribution in [3.05, 3.63) is 29.8 Å². The molecule has 1 N–H and O–H groups in total. The summed E-state index contributed by atoms with van der Waals surface area (Å²) in [5.41, 5.74) is 1.32. The summed E-state index contributed by atoms with van der Waals surface area (Å²) in [6, 6.07) is 8.27. The molecular formula is C12H19NOS. The van der Waals surface area contributed by atoms with Crippen molar-refractivity contribution >= 4 is 12.6 Å². The summed E-state index contributed by atoms with van der Waals surface area (Å²) in [7, 11) is 0. The Balaban J connectivity index is 2.42. The highest BCUT2D eigenvalue weighted by molar-refractivity contribution is 7.80. The predicted molar refractivity (Wildman–Crippen MR) is 67.8 cm³/mol. The van der Waals surface area contributed by atoms with Gasteiger partial charge in [0.2, 0.25) is 0 Å². The van der Waals surface area contributed by atoms with E-state index in [9.17, 15) is 0 Å². The quantitative estimate of drug-likeness (QED) is 0.441. The molecule has 0 spiro atoms. The van der Waals surface area contributed by atoms with Crippen molar-refractivity contribution in [1.82, 2.24) is 5.32 Å². The topological polar surface area (TPSA) is 21.3 Å². The highest BCUT2D eigenvalue weighted by Gasteiger charge is 1.97. The maximum Gasteiger partial charge on any atom is 0.119 e. The molecule has 0 aliphatic heterocycles. The first kappa shape index (κ1) is 12.4. The molecule has 84 valence electrons. The van der Waals surface area contributed by atoms with Gasteiger partial charge >= 0.3 is 0 Å². The Hall–Kier alpha value is -0.670. The summed E-state index contributed by atoms with van der Waals surface area (Å²) in [4.78, 5) is 0. The molecule has 2 nitrogen and oxygen atoms in total. The normalized spacial score (nSPS) is 10.7. The Morgan fingerprint density at radius 2 is 1.93 bits per heavy atom. The Kier molecular flexibility index (Phi) is 5.58. The number of rotatable bonds is 6. The van der Waals surface area contributed by atoms with Crippen molar-refractivity contribution < 1.29 is 4.74 Å². The van der Waals surface area contributed by atoms with E-state index in [2.05, 4.69) is 30.1 Å². The molecular weight excluding hydrogens is 206 g/mol. The molecule has 1 rings (SSSR count). The van der Waals surface area contributed by atoms with E-state index in [-0.39, 0.29) is 6.10 Å². The molecule has 0 amide bonds. The van der Waals surface area contributed by atoms with E-state index in [4.69, 9.17) is 4.74 Å². The summed E-state index contributed by atoms with van der Waals surface area (Å²) >= 11 is 4.09. The van der Waals surface area contributed by atoms with E-state index in [0.717, 1.165) is 24.6 Å². The van der Waals surface area contributed by atoms with Gasteiger partial charge in [-0.3, -0.25) is 0 Å². The second kappa shape index (κ2) is 6.75. The molecule has 1 aromatic carbocycles.